The van der Waals surface area contributed by atoms with Gasteiger partial charge in [0.05, 0.1) is 12.6 Å². The van der Waals surface area contributed by atoms with Crippen molar-refractivity contribution in [1.29, 1.82) is 0 Å². The third-order valence-electron chi connectivity index (χ3n) is 2.33. The van der Waals surface area contributed by atoms with Crippen LogP contribution in [-0.2, 0) is 9.47 Å². The molecule has 1 aliphatic rings. The first-order valence-electron chi connectivity index (χ1n) is 4.25. The predicted molar refractivity (Wildman–Crippen MR) is 46.2 cm³/mol. The van der Waals surface area contributed by atoms with Crippen molar-refractivity contribution in [2.75, 3.05) is 27.8 Å². The average Bonchev–Trinajstić information content (AvgIpc) is 2.41. The van der Waals surface area contributed by atoms with E-state index in [0.717, 1.165) is 0 Å². The quantitative estimate of drug-likeness (QED) is 0.577. The number of likely N-dealkylation sites (N-methyl/N-ethyl adjacent to an activating group) is 1. The molecular weight excluding hydrogens is 174 g/mol. The number of aliphatic hydroxyl groups is 2. The summed E-state index contributed by atoms with van der Waals surface area (Å²) in [6, 6.07) is -0.220. The van der Waals surface area contributed by atoms with Gasteiger partial charge in [0.2, 0.25) is 0 Å². The fraction of sp³-hybridized carbons (Fsp3) is 1.00. The molecule has 0 unspecified atom stereocenters. The minimum absolute atomic E-state index is 0.189. The lowest BCUT2D eigenvalue weighted by molar-refractivity contribution is -0.140. The standard InChI is InChI=1S/C8H17NO4/c1-9(2)6-7(11)5(4-10)13-8(6)12-3/h5-8,10-11H,4H2,1-3H3/t5-,6+,7-,8-/m1/s1. The summed E-state index contributed by atoms with van der Waals surface area (Å²) in [4.78, 5) is 1.83. The van der Waals surface area contributed by atoms with Crippen LogP contribution < -0.4 is 0 Å². The van der Waals surface area contributed by atoms with E-state index >= 15 is 0 Å². The zero-order valence-corrected chi connectivity index (χ0v) is 8.17. The van der Waals surface area contributed by atoms with Gasteiger partial charge in [0.15, 0.2) is 6.29 Å². The van der Waals surface area contributed by atoms with Crippen LogP contribution in [0, 0.1) is 0 Å². The highest BCUT2D eigenvalue weighted by atomic mass is 16.7. The predicted octanol–water partition coefficient (Wildman–Crippen LogP) is -1.36. The van der Waals surface area contributed by atoms with Crippen molar-refractivity contribution in [3.05, 3.63) is 0 Å². The molecule has 1 aliphatic heterocycles. The first-order chi connectivity index (χ1) is 6.11. The lowest BCUT2D eigenvalue weighted by Crippen LogP contribution is -2.45. The number of methoxy groups -OCH3 is 1. The van der Waals surface area contributed by atoms with E-state index in [-0.39, 0.29) is 12.6 Å². The first kappa shape index (κ1) is 10.9. The minimum atomic E-state index is -0.704. The number of aliphatic hydroxyl groups excluding tert-OH is 2. The van der Waals surface area contributed by atoms with E-state index in [4.69, 9.17) is 14.6 Å². The van der Waals surface area contributed by atoms with Gasteiger partial charge in [-0.05, 0) is 14.1 Å². The summed E-state index contributed by atoms with van der Waals surface area (Å²) < 4.78 is 10.3. The Hall–Kier alpha value is -0.200. The number of hydrogen-bond acceptors (Lipinski definition) is 5. The molecular formula is C8H17NO4. The van der Waals surface area contributed by atoms with E-state index in [9.17, 15) is 5.11 Å². The van der Waals surface area contributed by atoms with Gasteiger partial charge in [-0.25, -0.2) is 0 Å². The van der Waals surface area contributed by atoms with Crippen LogP contribution in [0.4, 0.5) is 0 Å². The van der Waals surface area contributed by atoms with Gasteiger partial charge >= 0.3 is 0 Å². The molecule has 5 heteroatoms. The minimum Gasteiger partial charge on any atom is -0.394 e. The Kier molecular flexibility index (Phi) is 3.63. The molecule has 5 nitrogen and oxygen atoms in total. The second kappa shape index (κ2) is 4.34. The molecule has 0 aliphatic carbocycles. The van der Waals surface area contributed by atoms with Crippen molar-refractivity contribution in [2.24, 2.45) is 0 Å². The molecule has 1 rings (SSSR count). The molecule has 4 atom stereocenters. The third-order valence-corrected chi connectivity index (χ3v) is 2.33. The number of ether oxygens (including phenoxy) is 2. The molecule has 1 fully saturated rings. The largest absolute Gasteiger partial charge is 0.394 e. The summed E-state index contributed by atoms with van der Waals surface area (Å²) >= 11 is 0. The maximum Gasteiger partial charge on any atom is 0.175 e. The summed E-state index contributed by atoms with van der Waals surface area (Å²) in [5, 5.41) is 18.6. The smallest absolute Gasteiger partial charge is 0.175 e. The molecule has 0 aromatic rings. The normalized spacial score (nSPS) is 40.2. The number of rotatable bonds is 3. The van der Waals surface area contributed by atoms with Crippen LogP contribution in [0.3, 0.4) is 0 Å². The summed E-state index contributed by atoms with van der Waals surface area (Å²) in [7, 11) is 5.19. The molecule has 0 amide bonds. The fourth-order valence-corrected chi connectivity index (χ4v) is 1.61. The maximum atomic E-state index is 9.71. The van der Waals surface area contributed by atoms with Crippen LogP contribution in [0.5, 0.6) is 0 Å². The number of hydrogen-bond donors (Lipinski definition) is 2. The second-order valence-corrected chi connectivity index (χ2v) is 3.41. The summed E-state index contributed by atoms with van der Waals surface area (Å²) in [6.07, 6.45) is -1.72. The highest BCUT2D eigenvalue weighted by Crippen LogP contribution is 2.24. The van der Waals surface area contributed by atoms with E-state index < -0.39 is 18.5 Å². The molecule has 0 aromatic carbocycles. The lowest BCUT2D eigenvalue weighted by atomic mass is 10.1. The van der Waals surface area contributed by atoms with Gasteiger partial charge in [0.1, 0.15) is 12.2 Å². The van der Waals surface area contributed by atoms with Gasteiger partial charge in [-0.2, -0.15) is 0 Å². The Labute approximate surface area is 77.9 Å². The van der Waals surface area contributed by atoms with Gasteiger partial charge in [0.25, 0.3) is 0 Å². The summed E-state index contributed by atoms with van der Waals surface area (Å²) in [5.41, 5.74) is 0. The highest BCUT2D eigenvalue weighted by molar-refractivity contribution is 4.91. The van der Waals surface area contributed by atoms with Crippen molar-refractivity contribution >= 4 is 0 Å². The van der Waals surface area contributed by atoms with Gasteiger partial charge in [-0.1, -0.05) is 0 Å². The van der Waals surface area contributed by atoms with E-state index in [1.165, 1.54) is 7.11 Å². The lowest BCUT2D eigenvalue weighted by Gasteiger charge is -2.25. The Morgan fingerprint density at radius 1 is 1.46 bits per heavy atom. The van der Waals surface area contributed by atoms with Crippen LogP contribution in [0.25, 0.3) is 0 Å². The van der Waals surface area contributed by atoms with E-state index in [0.29, 0.717) is 0 Å². The van der Waals surface area contributed by atoms with Crippen LogP contribution in [-0.4, -0.2) is 67.5 Å². The zero-order chi connectivity index (χ0) is 10.0. The molecule has 0 spiro atoms. The Bertz CT molecular complexity index is 162. The van der Waals surface area contributed by atoms with Gasteiger partial charge < -0.3 is 19.7 Å². The van der Waals surface area contributed by atoms with Crippen molar-refractivity contribution in [2.45, 2.75) is 24.5 Å². The molecule has 13 heavy (non-hydrogen) atoms. The van der Waals surface area contributed by atoms with E-state index in [1.54, 1.807) is 0 Å². The second-order valence-electron chi connectivity index (χ2n) is 3.41. The van der Waals surface area contributed by atoms with Gasteiger partial charge in [0, 0.05) is 7.11 Å². The summed E-state index contributed by atoms with van der Waals surface area (Å²) in [5.74, 6) is 0. The monoisotopic (exact) mass is 191 g/mol. The van der Waals surface area contributed by atoms with Crippen LogP contribution in [0.2, 0.25) is 0 Å². The molecule has 78 valence electrons. The van der Waals surface area contributed by atoms with Crippen molar-refractivity contribution < 1.29 is 19.7 Å². The van der Waals surface area contributed by atoms with E-state index in [2.05, 4.69) is 0 Å². The Balaban J connectivity index is 2.68. The molecule has 1 saturated heterocycles. The molecule has 0 aromatic heterocycles. The molecule has 0 bridgehead atoms. The maximum absolute atomic E-state index is 9.71. The molecule has 2 N–H and O–H groups in total. The topological polar surface area (TPSA) is 62.2 Å². The highest BCUT2D eigenvalue weighted by Gasteiger charge is 2.44. The average molecular weight is 191 g/mol. The Morgan fingerprint density at radius 3 is 2.38 bits per heavy atom. The SMILES string of the molecule is CO[C@@H]1O[C@H](CO)[C@@H](O)[C@@H]1N(C)C. The van der Waals surface area contributed by atoms with Gasteiger partial charge in [-0.15, -0.1) is 0 Å². The molecule has 0 saturated carbocycles. The van der Waals surface area contributed by atoms with Gasteiger partial charge in [-0.3, -0.25) is 4.90 Å². The number of nitrogens with zero attached hydrogens (tertiary/aromatic N) is 1. The van der Waals surface area contributed by atoms with Crippen LogP contribution in [0.1, 0.15) is 0 Å². The molecule has 1 heterocycles. The third kappa shape index (κ3) is 2.00. The van der Waals surface area contributed by atoms with Crippen molar-refractivity contribution in [1.82, 2.24) is 4.90 Å². The van der Waals surface area contributed by atoms with Crippen LogP contribution >= 0.6 is 0 Å². The molecule has 0 radical (unpaired) electrons. The first-order valence-corrected chi connectivity index (χ1v) is 4.25. The van der Waals surface area contributed by atoms with Crippen molar-refractivity contribution in [3.8, 4) is 0 Å². The van der Waals surface area contributed by atoms with Crippen LogP contribution in [0.15, 0.2) is 0 Å². The van der Waals surface area contributed by atoms with E-state index in [1.807, 2.05) is 19.0 Å². The summed E-state index contributed by atoms with van der Waals surface area (Å²) in [6.45, 7) is -0.189. The fourth-order valence-electron chi connectivity index (χ4n) is 1.61. The van der Waals surface area contributed by atoms with Crippen molar-refractivity contribution in [3.63, 3.8) is 0 Å². The Morgan fingerprint density at radius 2 is 2.08 bits per heavy atom. The zero-order valence-electron chi connectivity index (χ0n) is 8.17.